The Bertz CT molecular complexity index is 919. The summed E-state index contributed by atoms with van der Waals surface area (Å²) < 4.78 is 3.61. The van der Waals surface area contributed by atoms with Gasteiger partial charge in [0, 0.05) is 23.0 Å². The van der Waals surface area contributed by atoms with Crippen molar-refractivity contribution in [1.29, 1.82) is 0 Å². The Hall–Kier alpha value is -2.10. The fraction of sp³-hybridized carbons (Fsp3) is 0.111. The Morgan fingerprint density at radius 2 is 1.95 bits per heavy atom. The molecule has 2 nitrogen and oxygen atoms in total. The number of fused-ring (bicyclic) bond motifs is 2. The van der Waals surface area contributed by atoms with Crippen molar-refractivity contribution in [2.45, 2.75) is 13.2 Å². The first kappa shape index (κ1) is 12.6. The number of benzene rings is 2. The van der Waals surface area contributed by atoms with E-state index in [0.717, 1.165) is 12.1 Å². The van der Waals surface area contributed by atoms with Crippen molar-refractivity contribution in [1.82, 2.24) is 4.57 Å². The number of aliphatic hydroxyl groups is 1. The average molecular weight is 293 g/mol. The van der Waals surface area contributed by atoms with Gasteiger partial charge in [-0.1, -0.05) is 24.3 Å². The molecule has 4 rings (SSSR count). The summed E-state index contributed by atoms with van der Waals surface area (Å²) in [5.41, 5.74) is 3.53. The Kier molecular flexibility index (Phi) is 3.02. The van der Waals surface area contributed by atoms with E-state index < -0.39 is 0 Å². The third kappa shape index (κ3) is 2.15. The minimum absolute atomic E-state index is 0.0935. The summed E-state index contributed by atoms with van der Waals surface area (Å²) >= 11 is 1.80. The number of aromatic nitrogens is 1. The molecular weight excluding hydrogens is 278 g/mol. The van der Waals surface area contributed by atoms with E-state index in [0.29, 0.717) is 0 Å². The van der Waals surface area contributed by atoms with Gasteiger partial charge in [-0.3, -0.25) is 0 Å². The van der Waals surface area contributed by atoms with E-state index in [4.69, 9.17) is 0 Å². The zero-order chi connectivity index (χ0) is 14.2. The first-order valence-electron chi connectivity index (χ1n) is 6.99. The van der Waals surface area contributed by atoms with Gasteiger partial charge in [-0.05, 0) is 51.5 Å². The normalized spacial score (nSPS) is 11.5. The molecule has 21 heavy (non-hydrogen) atoms. The first-order chi connectivity index (χ1) is 10.3. The summed E-state index contributed by atoms with van der Waals surface area (Å²) in [7, 11) is 0. The van der Waals surface area contributed by atoms with E-state index in [1.807, 2.05) is 6.07 Å². The number of nitrogens with zero attached hydrogens (tertiary/aromatic N) is 1. The molecular formula is C18H15NOS. The van der Waals surface area contributed by atoms with Crippen LogP contribution in [-0.2, 0) is 13.2 Å². The van der Waals surface area contributed by atoms with Crippen LogP contribution in [0.25, 0.3) is 21.0 Å². The Morgan fingerprint density at radius 1 is 1.05 bits per heavy atom. The summed E-state index contributed by atoms with van der Waals surface area (Å²) in [5.74, 6) is 0. The molecule has 104 valence electrons. The van der Waals surface area contributed by atoms with Gasteiger partial charge in [-0.15, -0.1) is 11.3 Å². The minimum Gasteiger partial charge on any atom is -0.392 e. The standard InChI is InChI=1S/C18H15NOS/c20-11-13-5-6-17-14(9-13)7-8-19(17)10-15-12-21-18-4-2-1-3-16(15)18/h1-9,12,20H,10-11H2. The van der Waals surface area contributed by atoms with E-state index >= 15 is 0 Å². The molecule has 2 aromatic heterocycles. The second kappa shape index (κ2) is 5.02. The number of thiophene rings is 1. The number of rotatable bonds is 3. The van der Waals surface area contributed by atoms with Gasteiger partial charge >= 0.3 is 0 Å². The van der Waals surface area contributed by atoms with Crippen molar-refractivity contribution in [2.24, 2.45) is 0 Å². The van der Waals surface area contributed by atoms with Crippen molar-refractivity contribution >= 4 is 32.3 Å². The van der Waals surface area contributed by atoms with Gasteiger partial charge in [-0.25, -0.2) is 0 Å². The molecule has 4 aromatic rings. The van der Waals surface area contributed by atoms with Crippen LogP contribution in [0, 0.1) is 0 Å². The molecule has 0 saturated carbocycles. The van der Waals surface area contributed by atoms with E-state index in [-0.39, 0.29) is 6.61 Å². The van der Waals surface area contributed by atoms with Crippen molar-refractivity contribution in [3.63, 3.8) is 0 Å². The maximum Gasteiger partial charge on any atom is 0.0682 e. The summed E-state index contributed by atoms with van der Waals surface area (Å²) in [6.07, 6.45) is 2.12. The van der Waals surface area contributed by atoms with Gasteiger partial charge < -0.3 is 9.67 Å². The van der Waals surface area contributed by atoms with E-state index in [9.17, 15) is 5.11 Å². The van der Waals surface area contributed by atoms with Gasteiger partial charge in [0.15, 0.2) is 0 Å². The molecule has 0 saturated heterocycles. The van der Waals surface area contributed by atoms with E-state index in [1.165, 1.54) is 26.6 Å². The minimum atomic E-state index is 0.0935. The highest BCUT2D eigenvalue weighted by molar-refractivity contribution is 7.17. The topological polar surface area (TPSA) is 25.2 Å². The molecule has 0 unspecified atom stereocenters. The SMILES string of the molecule is OCc1ccc2c(ccn2Cc2csc3ccccc23)c1. The second-order valence-corrected chi connectivity index (χ2v) is 6.16. The number of hydrogen-bond donors (Lipinski definition) is 1. The number of hydrogen-bond acceptors (Lipinski definition) is 2. The third-order valence-corrected chi connectivity index (χ3v) is 4.93. The van der Waals surface area contributed by atoms with Crippen LogP contribution in [0.4, 0.5) is 0 Å². The van der Waals surface area contributed by atoms with Gasteiger partial charge in [0.2, 0.25) is 0 Å². The molecule has 1 N–H and O–H groups in total. The third-order valence-electron chi connectivity index (χ3n) is 3.92. The molecule has 0 atom stereocenters. The first-order valence-corrected chi connectivity index (χ1v) is 7.87. The summed E-state index contributed by atoms with van der Waals surface area (Å²) in [6, 6.07) is 16.8. The lowest BCUT2D eigenvalue weighted by molar-refractivity contribution is 0.282. The maximum atomic E-state index is 9.22. The lowest BCUT2D eigenvalue weighted by Crippen LogP contribution is -1.97. The van der Waals surface area contributed by atoms with Crippen LogP contribution < -0.4 is 0 Å². The smallest absolute Gasteiger partial charge is 0.0682 e. The maximum absolute atomic E-state index is 9.22. The van der Waals surface area contributed by atoms with Crippen molar-refractivity contribution in [3.8, 4) is 0 Å². The number of aliphatic hydroxyl groups excluding tert-OH is 1. The molecule has 0 bridgehead atoms. The Balaban J connectivity index is 1.77. The zero-order valence-electron chi connectivity index (χ0n) is 11.5. The van der Waals surface area contributed by atoms with Crippen molar-refractivity contribution in [2.75, 3.05) is 0 Å². The molecule has 0 spiro atoms. The predicted molar refractivity (Wildman–Crippen MR) is 88.8 cm³/mol. The van der Waals surface area contributed by atoms with Crippen LogP contribution in [0.5, 0.6) is 0 Å². The summed E-state index contributed by atoms with van der Waals surface area (Å²) in [4.78, 5) is 0. The summed E-state index contributed by atoms with van der Waals surface area (Å²) in [6.45, 7) is 0.974. The van der Waals surface area contributed by atoms with Crippen LogP contribution in [0.3, 0.4) is 0 Å². The van der Waals surface area contributed by atoms with E-state index in [2.05, 4.69) is 58.6 Å². The summed E-state index contributed by atoms with van der Waals surface area (Å²) in [5, 5.41) is 14.0. The van der Waals surface area contributed by atoms with Crippen LogP contribution in [-0.4, -0.2) is 9.67 Å². The molecule has 0 aliphatic carbocycles. The molecule has 0 aliphatic heterocycles. The van der Waals surface area contributed by atoms with Crippen LogP contribution in [0.2, 0.25) is 0 Å². The average Bonchev–Trinajstić information content (AvgIpc) is 3.12. The molecule has 0 aliphatic rings. The van der Waals surface area contributed by atoms with Crippen LogP contribution in [0.1, 0.15) is 11.1 Å². The lowest BCUT2D eigenvalue weighted by atomic mass is 10.1. The van der Waals surface area contributed by atoms with Crippen molar-refractivity contribution in [3.05, 3.63) is 71.2 Å². The predicted octanol–water partition coefficient (Wildman–Crippen LogP) is 4.40. The largest absolute Gasteiger partial charge is 0.392 e. The Morgan fingerprint density at radius 3 is 2.86 bits per heavy atom. The molecule has 0 fully saturated rings. The zero-order valence-corrected chi connectivity index (χ0v) is 12.3. The second-order valence-electron chi connectivity index (χ2n) is 5.25. The highest BCUT2D eigenvalue weighted by Crippen LogP contribution is 2.27. The fourth-order valence-electron chi connectivity index (χ4n) is 2.82. The van der Waals surface area contributed by atoms with Crippen LogP contribution >= 0.6 is 11.3 Å². The quantitative estimate of drug-likeness (QED) is 0.595. The monoisotopic (exact) mass is 293 g/mol. The molecule has 2 aromatic carbocycles. The van der Waals surface area contributed by atoms with Crippen LogP contribution in [0.15, 0.2) is 60.1 Å². The van der Waals surface area contributed by atoms with Crippen molar-refractivity contribution < 1.29 is 5.11 Å². The highest BCUT2D eigenvalue weighted by atomic mass is 32.1. The molecule has 0 radical (unpaired) electrons. The highest BCUT2D eigenvalue weighted by Gasteiger charge is 2.07. The molecule has 2 heterocycles. The molecule has 3 heteroatoms. The molecule has 0 amide bonds. The van der Waals surface area contributed by atoms with E-state index in [1.54, 1.807) is 11.3 Å². The van der Waals surface area contributed by atoms with Gasteiger partial charge in [-0.2, -0.15) is 0 Å². The fourth-order valence-corrected chi connectivity index (χ4v) is 3.78. The van der Waals surface area contributed by atoms with Gasteiger partial charge in [0.05, 0.1) is 6.61 Å². The lowest BCUT2D eigenvalue weighted by Gasteiger charge is -2.05. The Labute approximate surface area is 126 Å². The van der Waals surface area contributed by atoms with Gasteiger partial charge in [0.25, 0.3) is 0 Å². The van der Waals surface area contributed by atoms with Gasteiger partial charge in [0.1, 0.15) is 0 Å².